The van der Waals surface area contributed by atoms with Gasteiger partial charge >= 0.3 is 0 Å². The van der Waals surface area contributed by atoms with Crippen molar-refractivity contribution < 1.29 is 0 Å². The third kappa shape index (κ3) is 4.22. The van der Waals surface area contributed by atoms with E-state index in [1.807, 2.05) is 11.3 Å². The van der Waals surface area contributed by atoms with Crippen LogP contribution in [0, 0.1) is 0 Å². The van der Waals surface area contributed by atoms with Gasteiger partial charge in [0.1, 0.15) is 10.0 Å². The molecule has 1 aliphatic carbocycles. The molecule has 1 aromatic rings. The van der Waals surface area contributed by atoms with E-state index in [4.69, 9.17) is 11.6 Å². The van der Waals surface area contributed by atoms with Crippen molar-refractivity contribution in [2.45, 2.75) is 63.7 Å². The van der Waals surface area contributed by atoms with Crippen LogP contribution in [0.4, 0.5) is 0 Å². The van der Waals surface area contributed by atoms with Gasteiger partial charge in [-0.15, -0.1) is 33.1 Å². The van der Waals surface area contributed by atoms with Gasteiger partial charge in [-0.1, -0.05) is 32.1 Å². The van der Waals surface area contributed by atoms with Gasteiger partial charge in [-0.3, -0.25) is 0 Å². The van der Waals surface area contributed by atoms with E-state index in [-0.39, 0.29) is 0 Å². The van der Waals surface area contributed by atoms with Gasteiger partial charge in [0.05, 0.1) is 0 Å². The van der Waals surface area contributed by atoms with E-state index in [9.17, 15) is 0 Å². The topological polar surface area (TPSA) is 25.8 Å². The zero-order valence-corrected chi connectivity index (χ0v) is 11.9. The molecule has 0 radical (unpaired) electrons. The predicted octanol–water partition coefficient (Wildman–Crippen LogP) is 4.54. The number of nitrogens with zero attached hydrogens (tertiary/aromatic N) is 2. The molecule has 17 heavy (non-hydrogen) atoms. The van der Waals surface area contributed by atoms with E-state index in [0.717, 1.165) is 18.7 Å². The number of alkyl halides is 1. The minimum Gasteiger partial charge on any atom is -0.144 e. The molecule has 2 rings (SSSR count). The first-order valence-corrected chi connectivity index (χ1v) is 8.13. The largest absolute Gasteiger partial charge is 0.144 e. The van der Waals surface area contributed by atoms with Crippen molar-refractivity contribution in [2.75, 3.05) is 5.88 Å². The van der Waals surface area contributed by atoms with Crippen LogP contribution in [-0.2, 0) is 6.42 Å². The molecule has 1 heterocycles. The van der Waals surface area contributed by atoms with Crippen LogP contribution in [0.25, 0.3) is 0 Å². The van der Waals surface area contributed by atoms with Gasteiger partial charge in [0.25, 0.3) is 0 Å². The predicted molar refractivity (Wildman–Crippen MR) is 74.0 cm³/mol. The van der Waals surface area contributed by atoms with Crippen LogP contribution in [0.15, 0.2) is 0 Å². The summed E-state index contributed by atoms with van der Waals surface area (Å²) in [4.78, 5) is 0. The fourth-order valence-electron chi connectivity index (χ4n) is 2.45. The molecule has 0 aromatic carbocycles. The van der Waals surface area contributed by atoms with Crippen LogP contribution in [-0.4, -0.2) is 16.1 Å². The molecule has 0 atom stereocenters. The summed E-state index contributed by atoms with van der Waals surface area (Å²) in [5.74, 6) is 1.40. The summed E-state index contributed by atoms with van der Waals surface area (Å²) in [6, 6.07) is 0. The summed E-state index contributed by atoms with van der Waals surface area (Å²) in [6.07, 6.45) is 11.6. The summed E-state index contributed by atoms with van der Waals surface area (Å²) < 4.78 is 0. The number of aryl methyl sites for hydroxylation is 1. The van der Waals surface area contributed by atoms with E-state index >= 15 is 0 Å². The molecule has 0 amide bonds. The average Bonchev–Trinajstić information content (AvgIpc) is 2.74. The Hall–Kier alpha value is -0.150. The minimum atomic E-state index is 0.678. The molecule has 2 nitrogen and oxygen atoms in total. The van der Waals surface area contributed by atoms with Crippen molar-refractivity contribution in [3.8, 4) is 0 Å². The van der Waals surface area contributed by atoms with Crippen LogP contribution >= 0.6 is 22.9 Å². The molecule has 1 aliphatic rings. The molecule has 0 N–H and O–H groups in total. The van der Waals surface area contributed by atoms with Crippen molar-refractivity contribution >= 4 is 22.9 Å². The maximum atomic E-state index is 5.70. The SMILES string of the molecule is ClCCCc1nnc(C2CCCCCCC2)s1. The fourth-order valence-corrected chi connectivity index (χ4v) is 3.64. The quantitative estimate of drug-likeness (QED) is 0.752. The Morgan fingerprint density at radius 2 is 1.76 bits per heavy atom. The lowest BCUT2D eigenvalue weighted by Gasteiger charge is -2.16. The van der Waals surface area contributed by atoms with Gasteiger partial charge in [-0.25, -0.2) is 0 Å². The van der Waals surface area contributed by atoms with E-state index in [1.165, 1.54) is 55.0 Å². The van der Waals surface area contributed by atoms with Crippen molar-refractivity contribution in [3.63, 3.8) is 0 Å². The molecular weight excluding hydrogens is 252 g/mol. The lowest BCUT2D eigenvalue weighted by Crippen LogP contribution is -2.01. The number of hydrogen-bond acceptors (Lipinski definition) is 3. The normalized spacial score (nSPS) is 18.9. The highest BCUT2D eigenvalue weighted by molar-refractivity contribution is 7.11. The van der Waals surface area contributed by atoms with Crippen LogP contribution < -0.4 is 0 Å². The van der Waals surface area contributed by atoms with Gasteiger partial charge in [0.15, 0.2) is 0 Å². The van der Waals surface area contributed by atoms with Crippen LogP contribution in [0.5, 0.6) is 0 Å². The van der Waals surface area contributed by atoms with Crippen molar-refractivity contribution in [1.29, 1.82) is 0 Å². The molecule has 0 spiro atoms. The number of aromatic nitrogens is 2. The average molecular weight is 273 g/mol. The van der Waals surface area contributed by atoms with E-state index in [2.05, 4.69) is 10.2 Å². The first kappa shape index (κ1) is 13.3. The summed E-state index contributed by atoms with van der Waals surface area (Å²) in [6.45, 7) is 0. The molecule has 96 valence electrons. The van der Waals surface area contributed by atoms with E-state index < -0.39 is 0 Å². The van der Waals surface area contributed by atoms with Gasteiger partial charge < -0.3 is 0 Å². The van der Waals surface area contributed by atoms with Gasteiger partial charge in [0, 0.05) is 18.2 Å². The Kier molecular flexibility index (Phi) is 5.72. The maximum Gasteiger partial charge on any atom is 0.120 e. The first-order valence-electron chi connectivity index (χ1n) is 6.78. The Morgan fingerprint density at radius 3 is 2.47 bits per heavy atom. The molecule has 0 bridgehead atoms. The number of rotatable bonds is 4. The minimum absolute atomic E-state index is 0.678. The van der Waals surface area contributed by atoms with Crippen LogP contribution in [0.3, 0.4) is 0 Å². The third-order valence-electron chi connectivity index (χ3n) is 3.46. The van der Waals surface area contributed by atoms with Gasteiger partial charge in [-0.05, 0) is 19.3 Å². The Labute approximate surface area is 113 Å². The molecule has 1 aromatic heterocycles. The monoisotopic (exact) mass is 272 g/mol. The molecule has 1 fully saturated rings. The summed E-state index contributed by atoms with van der Waals surface area (Å²) in [5, 5.41) is 11.1. The van der Waals surface area contributed by atoms with Crippen molar-refractivity contribution in [2.24, 2.45) is 0 Å². The maximum absolute atomic E-state index is 5.70. The molecule has 0 aliphatic heterocycles. The van der Waals surface area contributed by atoms with Crippen LogP contribution in [0.1, 0.15) is 67.3 Å². The molecule has 4 heteroatoms. The lowest BCUT2D eigenvalue weighted by molar-refractivity contribution is 0.453. The second kappa shape index (κ2) is 7.32. The standard InChI is InChI=1S/C13H21ClN2S/c14-10-6-9-12-15-16-13(17-12)11-7-4-2-1-3-5-8-11/h11H,1-10H2. The number of halogens is 1. The third-order valence-corrected chi connectivity index (χ3v) is 4.87. The smallest absolute Gasteiger partial charge is 0.120 e. The lowest BCUT2D eigenvalue weighted by atomic mass is 9.92. The highest BCUT2D eigenvalue weighted by atomic mass is 35.5. The highest BCUT2D eigenvalue weighted by Gasteiger charge is 2.17. The fraction of sp³-hybridized carbons (Fsp3) is 0.846. The zero-order chi connectivity index (χ0) is 11.9. The van der Waals surface area contributed by atoms with Crippen molar-refractivity contribution in [3.05, 3.63) is 10.0 Å². The Morgan fingerprint density at radius 1 is 1.06 bits per heavy atom. The van der Waals surface area contributed by atoms with E-state index in [1.54, 1.807) is 0 Å². The van der Waals surface area contributed by atoms with Crippen LogP contribution in [0.2, 0.25) is 0 Å². The summed E-state index contributed by atoms with van der Waals surface area (Å²) in [7, 11) is 0. The number of hydrogen-bond donors (Lipinski definition) is 0. The Balaban J connectivity index is 1.92. The second-order valence-corrected chi connectivity index (χ2v) is 6.34. The molecule has 0 saturated heterocycles. The van der Waals surface area contributed by atoms with Gasteiger partial charge in [-0.2, -0.15) is 0 Å². The summed E-state index contributed by atoms with van der Waals surface area (Å²) in [5.41, 5.74) is 0. The molecular formula is C13H21ClN2S. The zero-order valence-electron chi connectivity index (χ0n) is 10.3. The van der Waals surface area contributed by atoms with E-state index in [0.29, 0.717) is 5.92 Å². The Bertz CT molecular complexity index is 319. The first-order chi connectivity index (χ1) is 8.40. The molecule has 0 unspecified atom stereocenters. The van der Waals surface area contributed by atoms with Gasteiger partial charge in [0.2, 0.25) is 0 Å². The highest BCUT2D eigenvalue weighted by Crippen LogP contribution is 2.32. The van der Waals surface area contributed by atoms with Crippen molar-refractivity contribution in [1.82, 2.24) is 10.2 Å². The second-order valence-electron chi connectivity index (χ2n) is 4.87. The molecule has 1 saturated carbocycles. The summed E-state index contributed by atoms with van der Waals surface area (Å²) >= 11 is 7.52.